The van der Waals surface area contributed by atoms with Crippen LogP contribution in [0.3, 0.4) is 0 Å². The van der Waals surface area contributed by atoms with Crippen molar-refractivity contribution in [2.24, 2.45) is 5.41 Å². The molecule has 1 amide bonds. The smallest absolute Gasteiger partial charge is 0.342 e. The van der Waals surface area contributed by atoms with E-state index in [0.717, 1.165) is 5.56 Å². The summed E-state index contributed by atoms with van der Waals surface area (Å²) in [6.07, 6.45) is -0.970. The SMILES string of the molecule is COc1ccc(C)cc1C(=O)OC(C)C(=O)c1ccc(NC(=O)C(C)(C)C)cc1. The summed E-state index contributed by atoms with van der Waals surface area (Å²) in [6, 6.07) is 11.7. The van der Waals surface area contributed by atoms with Crippen LogP contribution in [0, 0.1) is 12.3 Å². The lowest BCUT2D eigenvalue weighted by Gasteiger charge is -2.18. The molecule has 2 rings (SSSR count). The molecule has 0 spiro atoms. The third kappa shape index (κ3) is 5.67. The van der Waals surface area contributed by atoms with Crippen molar-refractivity contribution in [2.45, 2.75) is 40.7 Å². The number of hydrogen-bond acceptors (Lipinski definition) is 5. The lowest BCUT2D eigenvalue weighted by Crippen LogP contribution is -2.27. The Morgan fingerprint density at radius 1 is 1.00 bits per heavy atom. The van der Waals surface area contributed by atoms with Gasteiger partial charge in [0.15, 0.2) is 6.10 Å². The van der Waals surface area contributed by atoms with Crippen LogP contribution >= 0.6 is 0 Å². The zero-order valence-electron chi connectivity index (χ0n) is 17.7. The number of nitrogens with one attached hydrogen (secondary N) is 1. The van der Waals surface area contributed by atoms with Gasteiger partial charge in [-0.1, -0.05) is 32.4 Å². The van der Waals surface area contributed by atoms with E-state index < -0.39 is 17.5 Å². The number of esters is 1. The fourth-order valence-corrected chi connectivity index (χ4v) is 2.53. The van der Waals surface area contributed by atoms with Gasteiger partial charge in [-0.25, -0.2) is 4.79 Å². The molecule has 0 aromatic heterocycles. The summed E-state index contributed by atoms with van der Waals surface area (Å²) in [4.78, 5) is 37.2. The molecule has 2 aromatic carbocycles. The highest BCUT2D eigenvalue weighted by molar-refractivity contribution is 6.02. The Morgan fingerprint density at radius 2 is 1.62 bits per heavy atom. The van der Waals surface area contributed by atoms with Gasteiger partial charge in [0.25, 0.3) is 0 Å². The summed E-state index contributed by atoms with van der Waals surface area (Å²) in [7, 11) is 1.47. The van der Waals surface area contributed by atoms with Crippen molar-refractivity contribution in [3.8, 4) is 5.75 Å². The zero-order chi connectivity index (χ0) is 21.8. The number of aryl methyl sites for hydroxylation is 1. The summed E-state index contributed by atoms with van der Waals surface area (Å²) >= 11 is 0. The van der Waals surface area contributed by atoms with E-state index in [1.54, 1.807) is 36.4 Å². The molecule has 0 aliphatic carbocycles. The first-order valence-corrected chi connectivity index (χ1v) is 9.34. The summed E-state index contributed by atoms with van der Waals surface area (Å²) in [5.41, 5.74) is 1.61. The van der Waals surface area contributed by atoms with Crippen LogP contribution in [-0.4, -0.2) is 30.9 Å². The first-order chi connectivity index (χ1) is 13.5. The largest absolute Gasteiger partial charge is 0.496 e. The molecule has 0 radical (unpaired) electrons. The number of ketones is 1. The maximum Gasteiger partial charge on any atom is 0.342 e. The molecular weight excluding hydrogens is 370 g/mol. The average molecular weight is 397 g/mol. The molecule has 2 aromatic rings. The van der Waals surface area contributed by atoms with Crippen LogP contribution in [0.2, 0.25) is 0 Å². The molecule has 1 unspecified atom stereocenters. The van der Waals surface area contributed by atoms with E-state index in [1.165, 1.54) is 14.0 Å². The molecule has 0 aliphatic heterocycles. The van der Waals surface area contributed by atoms with Crippen molar-refractivity contribution in [1.29, 1.82) is 0 Å². The van der Waals surface area contributed by atoms with Crippen LogP contribution in [0.1, 0.15) is 54.0 Å². The first-order valence-electron chi connectivity index (χ1n) is 9.34. The van der Waals surface area contributed by atoms with Gasteiger partial charge in [-0.15, -0.1) is 0 Å². The van der Waals surface area contributed by atoms with Crippen molar-refractivity contribution >= 4 is 23.3 Å². The summed E-state index contributed by atoms with van der Waals surface area (Å²) in [5, 5.41) is 2.80. The fraction of sp³-hybridized carbons (Fsp3) is 0.348. The second kappa shape index (κ2) is 8.90. The molecule has 0 heterocycles. The molecule has 0 fully saturated rings. The number of anilines is 1. The quantitative estimate of drug-likeness (QED) is 0.576. The van der Waals surface area contributed by atoms with Crippen molar-refractivity contribution in [2.75, 3.05) is 12.4 Å². The highest BCUT2D eigenvalue weighted by Gasteiger charge is 2.24. The van der Waals surface area contributed by atoms with Gasteiger partial charge < -0.3 is 14.8 Å². The number of amides is 1. The molecule has 6 nitrogen and oxygen atoms in total. The van der Waals surface area contributed by atoms with Gasteiger partial charge in [0.05, 0.1) is 7.11 Å². The third-order valence-corrected chi connectivity index (χ3v) is 4.34. The van der Waals surface area contributed by atoms with Crippen molar-refractivity contribution in [3.05, 3.63) is 59.2 Å². The lowest BCUT2D eigenvalue weighted by molar-refractivity contribution is -0.123. The van der Waals surface area contributed by atoms with Gasteiger partial charge in [0.2, 0.25) is 11.7 Å². The molecule has 0 bridgehead atoms. The van der Waals surface area contributed by atoms with E-state index in [9.17, 15) is 14.4 Å². The number of methoxy groups -OCH3 is 1. The van der Waals surface area contributed by atoms with Crippen molar-refractivity contribution < 1.29 is 23.9 Å². The molecule has 1 N–H and O–H groups in total. The van der Waals surface area contributed by atoms with Gasteiger partial charge in [0.1, 0.15) is 11.3 Å². The van der Waals surface area contributed by atoms with Crippen molar-refractivity contribution in [3.63, 3.8) is 0 Å². The molecule has 154 valence electrons. The Labute approximate surface area is 171 Å². The van der Waals surface area contributed by atoms with Crippen LogP contribution in [0.5, 0.6) is 5.75 Å². The second-order valence-corrected chi connectivity index (χ2v) is 7.90. The number of carbonyl (C=O) groups is 3. The number of carbonyl (C=O) groups excluding carboxylic acids is 3. The van der Waals surface area contributed by atoms with Gasteiger partial charge in [-0.3, -0.25) is 9.59 Å². The molecular formula is C23H27NO5. The number of ether oxygens (including phenoxy) is 2. The monoisotopic (exact) mass is 397 g/mol. The van der Waals surface area contributed by atoms with Crippen molar-refractivity contribution in [1.82, 2.24) is 0 Å². The van der Waals surface area contributed by atoms with E-state index in [1.807, 2.05) is 33.8 Å². The Bertz CT molecular complexity index is 910. The van der Waals surface area contributed by atoms with E-state index in [2.05, 4.69) is 5.32 Å². The molecule has 6 heteroatoms. The van der Waals surface area contributed by atoms with Gasteiger partial charge in [-0.2, -0.15) is 0 Å². The normalized spacial score (nSPS) is 12.1. The fourth-order valence-electron chi connectivity index (χ4n) is 2.53. The van der Waals surface area contributed by atoms with E-state index >= 15 is 0 Å². The molecule has 0 saturated carbocycles. The number of rotatable bonds is 6. The van der Waals surface area contributed by atoms with E-state index in [4.69, 9.17) is 9.47 Å². The minimum atomic E-state index is -0.970. The first kappa shape index (κ1) is 22.1. The van der Waals surface area contributed by atoms with Crippen LogP contribution in [0.15, 0.2) is 42.5 Å². The van der Waals surface area contributed by atoms with Crippen LogP contribution in [-0.2, 0) is 9.53 Å². The minimum absolute atomic E-state index is 0.119. The van der Waals surface area contributed by atoms with Gasteiger partial charge in [0, 0.05) is 16.7 Å². The predicted octanol–water partition coefficient (Wildman–Crippen LogP) is 4.42. The highest BCUT2D eigenvalue weighted by atomic mass is 16.5. The number of hydrogen-bond donors (Lipinski definition) is 1. The summed E-state index contributed by atoms with van der Waals surface area (Å²) in [6.45, 7) is 8.83. The lowest BCUT2D eigenvalue weighted by atomic mass is 9.95. The van der Waals surface area contributed by atoms with E-state index in [-0.39, 0.29) is 17.3 Å². The van der Waals surface area contributed by atoms with Gasteiger partial charge in [-0.05, 0) is 50.2 Å². The Morgan fingerprint density at radius 3 is 2.17 bits per heavy atom. The highest BCUT2D eigenvalue weighted by Crippen LogP contribution is 2.22. The molecule has 0 saturated heterocycles. The van der Waals surface area contributed by atoms with Crippen LogP contribution < -0.4 is 10.1 Å². The van der Waals surface area contributed by atoms with Gasteiger partial charge >= 0.3 is 5.97 Å². The van der Waals surface area contributed by atoms with Crippen LogP contribution in [0.25, 0.3) is 0 Å². The maximum absolute atomic E-state index is 12.6. The summed E-state index contributed by atoms with van der Waals surface area (Å²) in [5.74, 6) is -0.690. The Kier molecular flexibility index (Phi) is 6.80. The van der Waals surface area contributed by atoms with E-state index in [0.29, 0.717) is 17.0 Å². The molecule has 29 heavy (non-hydrogen) atoms. The summed E-state index contributed by atoms with van der Waals surface area (Å²) < 4.78 is 10.5. The topological polar surface area (TPSA) is 81.7 Å². The number of benzene rings is 2. The Balaban J connectivity index is 2.07. The Hall–Kier alpha value is -3.15. The average Bonchev–Trinajstić information content (AvgIpc) is 2.67. The maximum atomic E-state index is 12.6. The number of Topliss-reactive ketones (excluding diaryl/α,β-unsaturated/α-hetero) is 1. The second-order valence-electron chi connectivity index (χ2n) is 7.90. The molecule has 1 atom stereocenters. The third-order valence-electron chi connectivity index (χ3n) is 4.34. The molecule has 0 aliphatic rings. The van der Waals surface area contributed by atoms with Crippen LogP contribution in [0.4, 0.5) is 5.69 Å². The minimum Gasteiger partial charge on any atom is -0.496 e. The predicted molar refractivity (Wildman–Crippen MR) is 111 cm³/mol. The standard InChI is InChI=1S/C23H27NO5/c1-14-7-12-19(28-6)18(13-14)21(26)29-15(2)20(25)16-8-10-17(11-9-16)24-22(27)23(3,4)5/h7-13,15H,1-6H3,(H,24,27). The zero-order valence-corrected chi connectivity index (χ0v) is 17.7.